The van der Waals surface area contributed by atoms with Gasteiger partial charge in [0, 0.05) is 12.1 Å². The maximum Gasteiger partial charge on any atom is 0.307 e. The zero-order chi connectivity index (χ0) is 15.6. The number of carbonyl (C=O) groups is 1. The quantitative estimate of drug-likeness (QED) is 0.690. The highest BCUT2D eigenvalue weighted by atomic mass is 35.5. The third kappa shape index (κ3) is 3.64. The average Bonchev–Trinajstić information content (AvgIpc) is 2.84. The Hall–Kier alpha value is -1.82. The van der Waals surface area contributed by atoms with Gasteiger partial charge in [0.1, 0.15) is 5.52 Å². The van der Waals surface area contributed by atoms with Gasteiger partial charge in [0.2, 0.25) is 5.28 Å². The van der Waals surface area contributed by atoms with Crippen LogP contribution in [0.5, 0.6) is 0 Å². The van der Waals surface area contributed by atoms with Crippen molar-refractivity contribution in [1.29, 1.82) is 0 Å². The number of anilines is 1. The molecule has 0 aromatic carbocycles. The second kappa shape index (κ2) is 5.89. The first-order chi connectivity index (χ1) is 9.81. The lowest BCUT2D eigenvalue weighted by atomic mass is 9.84. The molecule has 2 heterocycles. The smallest absolute Gasteiger partial charge is 0.307 e. The standard InChI is InChI=1S/C14H18ClN3O3/c1-14(2,3)9(7-10(19)20-4)17-12-11-8(5-6-21-11)16-13(15)18-12/h5-6,9H,7H2,1-4H3,(H,16,17,18)/t9-/m1/s1. The number of fused-ring (bicyclic) bond motifs is 1. The molecule has 0 amide bonds. The van der Waals surface area contributed by atoms with Gasteiger partial charge in [0.25, 0.3) is 0 Å². The number of furan rings is 1. The van der Waals surface area contributed by atoms with Crippen molar-refractivity contribution in [1.82, 2.24) is 9.97 Å². The van der Waals surface area contributed by atoms with Gasteiger partial charge < -0.3 is 14.5 Å². The summed E-state index contributed by atoms with van der Waals surface area (Å²) < 4.78 is 10.1. The fourth-order valence-corrected chi connectivity index (χ4v) is 2.10. The average molecular weight is 312 g/mol. The van der Waals surface area contributed by atoms with Crippen molar-refractivity contribution in [3.8, 4) is 0 Å². The minimum absolute atomic E-state index is 0.122. The highest BCUT2D eigenvalue weighted by Crippen LogP contribution is 2.29. The molecule has 0 radical (unpaired) electrons. The highest BCUT2D eigenvalue weighted by molar-refractivity contribution is 6.28. The Labute approximate surface area is 127 Å². The molecule has 21 heavy (non-hydrogen) atoms. The Kier molecular flexibility index (Phi) is 4.37. The normalized spacial score (nSPS) is 13.2. The summed E-state index contributed by atoms with van der Waals surface area (Å²) in [6.45, 7) is 6.07. The topological polar surface area (TPSA) is 77.2 Å². The Bertz CT molecular complexity index is 648. The fourth-order valence-electron chi connectivity index (χ4n) is 1.92. The molecule has 0 aliphatic heterocycles. The van der Waals surface area contributed by atoms with Crippen LogP contribution < -0.4 is 5.32 Å². The molecular weight excluding hydrogens is 294 g/mol. The largest absolute Gasteiger partial charge is 0.469 e. The summed E-state index contributed by atoms with van der Waals surface area (Å²) in [4.78, 5) is 19.8. The lowest BCUT2D eigenvalue weighted by molar-refractivity contribution is -0.141. The maximum atomic E-state index is 11.6. The van der Waals surface area contributed by atoms with Gasteiger partial charge in [-0.3, -0.25) is 4.79 Å². The Balaban J connectivity index is 2.34. The first-order valence-corrected chi connectivity index (χ1v) is 6.93. The molecule has 2 aromatic heterocycles. The molecule has 2 aromatic rings. The Morgan fingerprint density at radius 2 is 2.19 bits per heavy atom. The van der Waals surface area contributed by atoms with Crippen molar-refractivity contribution in [3.63, 3.8) is 0 Å². The SMILES string of the molecule is COC(=O)C[C@@H](Nc1nc(Cl)nc2ccoc12)C(C)(C)C. The van der Waals surface area contributed by atoms with Crippen LogP contribution in [0.15, 0.2) is 16.7 Å². The maximum absolute atomic E-state index is 11.6. The van der Waals surface area contributed by atoms with Gasteiger partial charge in [-0.05, 0) is 17.0 Å². The first kappa shape index (κ1) is 15.6. The number of carbonyl (C=O) groups excluding carboxylic acids is 1. The molecule has 0 spiro atoms. The summed E-state index contributed by atoms with van der Waals surface area (Å²) in [5.41, 5.74) is 0.937. The summed E-state index contributed by atoms with van der Waals surface area (Å²) in [6.07, 6.45) is 1.73. The van der Waals surface area contributed by atoms with Crippen molar-refractivity contribution in [2.24, 2.45) is 5.41 Å². The fraction of sp³-hybridized carbons (Fsp3) is 0.500. The van der Waals surface area contributed by atoms with Gasteiger partial charge in [0.15, 0.2) is 11.4 Å². The zero-order valence-electron chi connectivity index (χ0n) is 12.4. The second-order valence-corrected chi connectivity index (χ2v) is 6.16. The van der Waals surface area contributed by atoms with Crippen LogP contribution >= 0.6 is 11.6 Å². The number of hydrogen-bond acceptors (Lipinski definition) is 6. The lowest BCUT2D eigenvalue weighted by Gasteiger charge is -2.31. The van der Waals surface area contributed by atoms with E-state index in [9.17, 15) is 4.79 Å². The van der Waals surface area contributed by atoms with E-state index in [1.807, 2.05) is 20.8 Å². The van der Waals surface area contributed by atoms with E-state index < -0.39 is 0 Å². The van der Waals surface area contributed by atoms with Crippen LogP contribution in [-0.4, -0.2) is 29.1 Å². The van der Waals surface area contributed by atoms with Crippen LogP contribution in [0.3, 0.4) is 0 Å². The third-order valence-corrected chi connectivity index (χ3v) is 3.40. The van der Waals surface area contributed by atoms with E-state index in [4.69, 9.17) is 20.8 Å². The molecule has 0 saturated heterocycles. The predicted octanol–water partition coefficient (Wildman–Crippen LogP) is 3.27. The van der Waals surface area contributed by atoms with E-state index in [0.29, 0.717) is 16.9 Å². The highest BCUT2D eigenvalue weighted by Gasteiger charge is 2.29. The molecule has 6 nitrogen and oxygen atoms in total. The van der Waals surface area contributed by atoms with Crippen molar-refractivity contribution >= 4 is 34.5 Å². The van der Waals surface area contributed by atoms with Gasteiger partial charge >= 0.3 is 5.97 Å². The summed E-state index contributed by atoms with van der Waals surface area (Å²) in [7, 11) is 1.37. The number of esters is 1. The van der Waals surface area contributed by atoms with E-state index in [1.54, 1.807) is 6.07 Å². The molecule has 0 unspecified atom stereocenters. The molecule has 114 valence electrons. The molecule has 2 rings (SSSR count). The molecular formula is C14H18ClN3O3. The minimum atomic E-state index is -0.293. The van der Waals surface area contributed by atoms with Gasteiger partial charge in [0.05, 0.1) is 19.8 Å². The second-order valence-electron chi connectivity index (χ2n) is 5.82. The number of nitrogens with zero attached hydrogens (tertiary/aromatic N) is 2. The summed E-state index contributed by atoms with van der Waals surface area (Å²) in [5, 5.41) is 3.35. The predicted molar refractivity (Wildman–Crippen MR) is 80.3 cm³/mol. The van der Waals surface area contributed by atoms with E-state index >= 15 is 0 Å². The van der Waals surface area contributed by atoms with Crippen molar-refractivity contribution in [2.45, 2.75) is 33.2 Å². The van der Waals surface area contributed by atoms with Gasteiger partial charge in [-0.1, -0.05) is 20.8 Å². The number of nitrogens with one attached hydrogen (secondary N) is 1. The molecule has 7 heteroatoms. The van der Waals surface area contributed by atoms with E-state index in [2.05, 4.69) is 15.3 Å². The van der Waals surface area contributed by atoms with Gasteiger partial charge in [-0.25, -0.2) is 4.98 Å². The van der Waals surface area contributed by atoms with Crippen molar-refractivity contribution in [3.05, 3.63) is 17.6 Å². The molecule has 1 N–H and O–H groups in total. The zero-order valence-corrected chi connectivity index (χ0v) is 13.2. The van der Waals surface area contributed by atoms with Crippen molar-refractivity contribution in [2.75, 3.05) is 12.4 Å². The van der Waals surface area contributed by atoms with Crippen LogP contribution in [0.25, 0.3) is 11.1 Å². The first-order valence-electron chi connectivity index (χ1n) is 6.55. The van der Waals surface area contributed by atoms with Crippen LogP contribution in [0.2, 0.25) is 5.28 Å². The van der Waals surface area contributed by atoms with Gasteiger partial charge in [-0.2, -0.15) is 4.98 Å². The minimum Gasteiger partial charge on any atom is -0.469 e. The Morgan fingerprint density at radius 1 is 1.48 bits per heavy atom. The number of aromatic nitrogens is 2. The summed E-state index contributed by atoms with van der Waals surface area (Å²) >= 11 is 5.92. The summed E-state index contributed by atoms with van der Waals surface area (Å²) in [5.74, 6) is 0.178. The number of halogens is 1. The molecule has 0 bridgehead atoms. The number of hydrogen-bond donors (Lipinski definition) is 1. The Morgan fingerprint density at radius 3 is 2.81 bits per heavy atom. The van der Waals surface area contributed by atoms with Crippen LogP contribution in [0.4, 0.5) is 5.82 Å². The van der Waals surface area contributed by atoms with E-state index in [-0.39, 0.29) is 29.1 Å². The number of methoxy groups -OCH3 is 1. The monoisotopic (exact) mass is 311 g/mol. The molecule has 0 aliphatic rings. The third-order valence-electron chi connectivity index (χ3n) is 3.23. The van der Waals surface area contributed by atoms with Crippen molar-refractivity contribution < 1.29 is 13.9 Å². The van der Waals surface area contributed by atoms with Crippen LogP contribution in [0.1, 0.15) is 27.2 Å². The van der Waals surface area contributed by atoms with Gasteiger partial charge in [-0.15, -0.1) is 0 Å². The lowest BCUT2D eigenvalue weighted by Crippen LogP contribution is -2.36. The number of rotatable bonds is 4. The molecule has 0 saturated carbocycles. The molecule has 1 atom stereocenters. The molecule has 0 aliphatic carbocycles. The van der Waals surface area contributed by atoms with E-state index in [0.717, 1.165) is 0 Å². The van der Waals surface area contributed by atoms with Crippen LogP contribution in [0, 0.1) is 5.41 Å². The van der Waals surface area contributed by atoms with E-state index in [1.165, 1.54) is 13.4 Å². The van der Waals surface area contributed by atoms with Crippen LogP contribution in [-0.2, 0) is 9.53 Å². The molecule has 0 fully saturated rings. The summed E-state index contributed by atoms with van der Waals surface area (Å²) in [6, 6.07) is 1.52. The number of ether oxygens (including phenoxy) is 1.